The summed E-state index contributed by atoms with van der Waals surface area (Å²) in [6, 6.07) is 7.12. The van der Waals surface area contributed by atoms with Crippen LogP contribution < -0.4 is 4.74 Å². The molecule has 0 spiro atoms. The van der Waals surface area contributed by atoms with E-state index in [-0.39, 0.29) is 5.78 Å². The normalized spacial score (nSPS) is 10.3. The molecule has 1 heterocycles. The summed E-state index contributed by atoms with van der Waals surface area (Å²) in [5, 5.41) is 4.09. The second kappa shape index (κ2) is 4.41. The third-order valence-corrected chi connectivity index (χ3v) is 2.66. The van der Waals surface area contributed by atoms with Gasteiger partial charge < -0.3 is 4.74 Å². The summed E-state index contributed by atoms with van der Waals surface area (Å²) in [6.45, 7) is 3.46. The lowest BCUT2D eigenvalue weighted by Gasteiger charge is -2.05. The van der Waals surface area contributed by atoms with E-state index >= 15 is 0 Å². The van der Waals surface area contributed by atoms with Crippen LogP contribution in [0.4, 0.5) is 0 Å². The van der Waals surface area contributed by atoms with Crippen LogP contribution in [0.25, 0.3) is 0 Å². The lowest BCUT2D eigenvalue weighted by Crippen LogP contribution is -1.94. The maximum Gasteiger partial charge on any atom is 0.168 e. The number of aromatic nitrogens is 2. The van der Waals surface area contributed by atoms with Crippen LogP contribution >= 0.6 is 0 Å². The molecule has 4 heteroatoms. The molecule has 2 rings (SSSR count). The maximum absolute atomic E-state index is 11.2. The zero-order valence-corrected chi connectivity index (χ0v) is 10.1. The van der Waals surface area contributed by atoms with Crippen molar-refractivity contribution >= 4 is 5.78 Å². The second-order valence-corrected chi connectivity index (χ2v) is 3.90. The first-order valence-corrected chi connectivity index (χ1v) is 5.35. The minimum Gasteiger partial charge on any atom is -0.454 e. The van der Waals surface area contributed by atoms with Crippen molar-refractivity contribution in [3.63, 3.8) is 0 Å². The van der Waals surface area contributed by atoms with E-state index in [1.165, 1.54) is 6.92 Å². The predicted octanol–water partition coefficient (Wildman–Crippen LogP) is 2.72. The maximum atomic E-state index is 11.2. The molecular weight excluding hydrogens is 216 g/mol. The van der Waals surface area contributed by atoms with E-state index < -0.39 is 0 Å². The molecule has 0 atom stereocenters. The van der Waals surface area contributed by atoms with Gasteiger partial charge in [-0.3, -0.25) is 9.48 Å². The molecule has 0 aliphatic heterocycles. The van der Waals surface area contributed by atoms with Crippen LogP contribution in [-0.4, -0.2) is 15.6 Å². The molecule has 1 aromatic carbocycles. The lowest BCUT2D eigenvalue weighted by molar-refractivity contribution is 0.101. The standard InChI is InChI=1S/C13H14N2O2/c1-9-13(8-14-15(9)3)17-12-6-4-5-11(7-12)10(2)16/h4-8H,1-3H3. The van der Waals surface area contributed by atoms with Crippen molar-refractivity contribution in [1.82, 2.24) is 9.78 Å². The average molecular weight is 230 g/mol. The van der Waals surface area contributed by atoms with Gasteiger partial charge in [0.15, 0.2) is 11.5 Å². The number of carbonyl (C=O) groups excluding carboxylic acids is 1. The van der Waals surface area contributed by atoms with Crippen molar-refractivity contribution in [2.45, 2.75) is 13.8 Å². The van der Waals surface area contributed by atoms with Crippen LogP contribution in [0.5, 0.6) is 11.5 Å². The summed E-state index contributed by atoms with van der Waals surface area (Å²) < 4.78 is 7.43. The van der Waals surface area contributed by atoms with Gasteiger partial charge in [0.05, 0.1) is 11.9 Å². The molecule has 0 amide bonds. The Morgan fingerprint density at radius 2 is 2.18 bits per heavy atom. The molecule has 0 bridgehead atoms. The number of nitrogens with zero attached hydrogens (tertiary/aromatic N) is 2. The molecule has 0 radical (unpaired) electrons. The SMILES string of the molecule is CC(=O)c1cccc(Oc2cnn(C)c2C)c1. The zero-order chi connectivity index (χ0) is 12.4. The Hall–Kier alpha value is -2.10. The van der Waals surface area contributed by atoms with Gasteiger partial charge in [-0.1, -0.05) is 12.1 Å². The van der Waals surface area contributed by atoms with E-state index in [0.29, 0.717) is 17.1 Å². The number of ether oxygens (including phenoxy) is 1. The highest BCUT2D eigenvalue weighted by molar-refractivity contribution is 5.94. The van der Waals surface area contributed by atoms with Crippen LogP contribution in [0.2, 0.25) is 0 Å². The largest absolute Gasteiger partial charge is 0.454 e. The first kappa shape index (κ1) is 11.4. The molecule has 1 aromatic heterocycles. The molecule has 0 unspecified atom stereocenters. The Labute approximate surface area is 99.8 Å². The first-order valence-electron chi connectivity index (χ1n) is 5.35. The van der Waals surface area contributed by atoms with Gasteiger partial charge in [0.1, 0.15) is 5.75 Å². The van der Waals surface area contributed by atoms with Crippen LogP contribution in [-0.2, 0) is 7.05 Å². The van der Waals surface area contributed by atoms with Crippen LogP contribution in [0, 0.1) is 6.92 Å². The number of Topliss-reactive ketones (excluding diaryl/α,β-unsaturated/α-hetero) is 1. The monoisotopic (exact) mass is 230 g/mol. The zero-order valence-electron chi connectivity index (χ0n) is 10.1. The number of benzene rings is 1. The van der Waals surface area contributed by atoms with Crippen molar-refractivity contribution in [3.8, 4) is 11.5 Å². The van der Waals surface area contributed by atoms with Gasteiger partial charge >= 0.3 is 0 Å². The summed E-state index contributed by atoms with van der Waals surface area (Å²) in [4.78, 5) is 11.2. The molecular formula is C13H14N2O2. The fourth-order valence-corrected chi connectivity index (χ4v) is 1.48. The van der Waals surface area contributed by atoms with E-state index in [1.807, 2.05) is 20.0 Å². The Morgan fingerprint density at radius 3 is 2.76 bits per heavy atom. The lowest BCUT2D eigenvalue weighted by atomic mass is 10.1. The van der Waals surface area contributed by atoms with Gasteiger partial charge in [-0.25, -0.2) is 0 Å². The number of rotatable bonds is 3. The van der Waals surface area contributed by atoms with Gasteiger partial charge in [0.2, 0.25) is 0 Å². The van der Waals surface area contributed by atoms with E-state index in [4.69, 9.17) is 4.74 Å². The number of hydrogen-bond donors (Lipinski definition) is 0. The van der Waals surface area contributed by atoms with E-state index in [0.717, 1.165) is 5.69 Å². The first-order chi connectivity index (χ1) is 8.08. The summed E-state index contributed by atoms with van der Waals surface area (Å²) in [5.41, 5.74) is 1.59. The van der Waals surface area contributed by atoms with Crippen LogP contribution in [0.15, 0.2) is 30.5 Å². The van der Waals surface area contributed by atoms with Crippen LogP contribution in [0.1, 0.15) is 23.0 Å². The van der Waals surface area contributed by atoms with Gasteiger partial charge in [-0.15, -0.1) is 0 Å². The summed E-state index contributed by atoms with van der Waals surface area (Å²) in [5.74, 6) is 1.38. The number of ketones is 1. The fraction of sp³-hybridized carbons (Fsp3) is 0.231. The Balaban J connectivity index is 2.27. The van der Waals surface area contributed by atoms with Crippen molar-refractivity contribution in [1.29, 1.82) is 0 Å². The van der Waals surface area contributed by atoms with Gasteiger partial charge in [0.25, 0.3) is 0 Å². The van der Waals surface area contributed by atoms with Gasteiger partial charge in [-0.2, -0.15) is 5.10 Å². The molecule has 17 heavy (non-hydrogen) atoms. The molecule has 0 N–H and O–H groups in total. The van der Waals surface area contributed by atoms with Gasteiger partial charge in [0, 0.05) is 12.6 Å². The molecule has 0 aliphatic carbocycles. The topological polar surface area (TPSA) is 44.1 Å². The van der Waals surface area contributed by atoms with Crippen molar-refractivity contribution in [3.05, 3.63) is 41.7 Å². The molecule has 4 nitrogen and oxygen atoms in total. The molecule has 0 fully saturated rings. The Bertz CT molecular complexity index is 558. The molecule has 0 saturated heterocycles. The Morgan fingerprint density at radius 1 is 1.41 bits per heavy atom. The average Bonchev–Trinajstić information content (AvgIpc) is 2.61. The third kappa shape index (κ3) is 2.36. The summed E-state index contributed by atoms with van der Waals surface area (Å²) >= 11 is 0. The van der Waals surface area contributed by atoms with Crippen molar-refractivity contribution in [2.75, 3.05) is 0 Å². The van der Waals surface area contributed by atoms with E-state index in [2.05, 4.69) is 5.10 Å². The van der Waals surface area contributed by atoms with Crippen molar-refractivity contribution in [2.24, 2.45) is 7.05 Å². The minimum atomic E-state index is 0.0263. The third-order valence-electron chi connectivity index (χ3n) is 2.66. The molecule has 2 aromatic rings. The highest BCUT2D eigenvalue weighted by Gasteiger charge is 2.07. The number of hydrogen-bond acceptors (Lipinski definition) is 3. The summed E-state index contributed by atoms with van der Waals surface area (Å²) in [6.07, 6.45) is 1.66. The van der Waals surface area contributed by atoms with E-state index in [9.17, 15) is 4.79 Å². The van der Waals surface area contributed by atoms with E-state index in [1.54, 1.807) is 29.1 Å². The number of carbonyl (C=O) groups is 1. The Kier molecular flexibility index (Phi) is 2.95. The second-order valence-electron chi connectivity index (χ2n) is 3.90. The molecule has 88 valence electrons. The number of aryl methyl sites for hydroxylation is 1. The quantitative estimate of drug-likeness (QED) is 0.761. The fourth-order valence-electron chi connectivity index (χ4n) is 1.48. The molecule has 0 saturated carbocycles. The summed E-state index contributed by atoms with van der Waals surface area (Å²) in [7, 11) is 1.86. The smallest absolute Gasteiger partial charge is 0.168 e. The minimum absolute atomic E-state index is 0.0263. The predicted molar refractivity (Wildman–Crippen MR) is 64.5 cm³/mol. The van der Waals surface area contributed by atoms with Crippen molar-refractivity contribution < 1.29 is 9.53 Å². The highest BCUT2D eigenvalue weighted by Crippen LogP contribution is 2.24. The highest BCUT2D eigenvalue weighted by atomic mass is 16.5. The molecule has 0 aliphatic rings. The van der Waals surface area contributed by atoms with Gasteiger partial charge in [-0.05, 0) is 26.0 Å². The van der Waals surface area contributed by atoms with Crippen LogP contribution in [0.3, 0.4) is 0 Å².